The molecule has 1 aromatic rings. The van der Waals surface area contributed by atoms with Crippen LogP contribution in [0, 0.1) is 10.1 Å². The average molecular weight is 335 g/mol. The maximum absolute atomic E-state index is 10.9. The van der Waals surface area contributed by atoms with E-state index in [2.05, 4.69) is 21.2 Å². The molecule has 1 rings (SSSR count). The minimum atomic E-state index is -0.783. The molecule has 1 N–H and O–H groups in total. The fourth-order valence-electron chi connectivity index (χ4n) is 1.48. The van der Waals surface area contributed by atoms with Gasteiger partial charge in [-0.25, -0.2) is 0 Å². The average Bonchev–Trinajstić information content (AvgIpc) is 2.29. The van der Waals surface area contributed by atoms with Crippen molar-refractivity contribution in [3.8, 4) is 0 Å². The van der Waals surface area contributed by atoms with E-state index in [1.807, 2.05) is 0 Å². The smallest absolute Gasteiger partial charge is 0.275 e. The van der Waals surface area contributed by atoms with Crippen molar-refractivity contribution in [3.05, 3.63) is 38.3 Å². The van der Waals surface area contributed by atoms with Crippen LogP contribution in [0.15, 0.2) is 22.7 Å². The summed E-state index contributed by atoms with van der Waals surface area (Å²) in [5, 5.41) is 14.0. The highest BCUT2D eigenvalue weighted by atomic mass is 79.9. The van der Waals surface area contributed by atoms with Crippen LogP contribution in [-0.4, -0.2) is 27.7 Å². The van der Waals surface area contributed by atoms with Crippen LogP contribution in [0.25, 0.3) is 0 Å². The number of nitrogens with zero attached hydrogens (tertiary/aromatic N) is 1. The third kappa shape index (κ3) is 5.24. The zero-order chi connectivity index (χ0) is 13.5. The first kappa shape index (κ1) is 15.3. The molecule has 1 atom stereocenters. The van der Waals surface area contributed by atoms with Crippen molar-refractivity contribution in [2.24, 2.45) is 0 Å². The second kappa shape index (κ2) is 7.60. The van der Waals surface area contributed by atoms with Crippen LogP contribution >= 0.6 is 15.9 Å². The molecule has 100 valence electrons. The third-order valence-electron chi connectivity index (χ3n) is 2.34. The van der Waals surface area contributed by atoms with E-state index in [1.165, 1.54) is 6.07 Å². The molecule has 0 aliphatic heterocycles. The Hall–Kier alpha value is -0.790. The number of benzene rings is 1. The molecular weight excluding hydrogens is 320 g/mol. The minimum absolute atomic E-state index is 0.107. The molecule has 0 aromatic heterocycles. The summed E-state index contributed by atoms with van der Waals surface area (Å²) in [5.74, 6) is 0.648. The number of hydrogen-bond donors (Lipinski definition) is 1. The largest absolute Gasteiger partial charge is 0.312 e. The Morgan fingerprint density at radius 1 is 1.50 bits per heavy atom. The summed E-state index contributed by atoms with van der Waals surface area (Å²) in [6.07, 6.45) is 2.47. The van der Waals surface area contributed by atoms with Gasteiger partial charge in [0, 0.05) is 45.5 Å². The van der Waals surface area contributed by atoms with Crippen molar-refractivity contribution in [3.63, 3.8) is 0 Å². The fourth-order valence-corrected chi connectivity index (χ4v) is 2.38. The molecule has 7 heteroatoms. The van der Waals surface area contributed by atoms with E-state index in [4.69, 9.17) is 0 Å². The fraction of sp³-hybridized carbons (Fsp3) is 0.455. The lowest BCUT2D eigenvalue weighted by atomic mass is 10.2. The summed E-state index contributed by atoms with van der Waals surface area (Å²) < 4.78 is 11.5. The molecule has 0 spiro atoms. The van der Waals surface area contributed by atoms with Crippen LogP contribution in [0.3, 0.4) is 0 Å². The topological polar surface area (TPSA) is 72.2 Å². The monoisotopic (exact) mass is 334 g/mol. The van der Waals surface area contributed by atoms with Gasteiger partial charge >= 0.3 is 0 Å². The van der Waals surface area contributed by atoms with Gasteiger partial charge in [0.2, 0.25) is 0 Å². The second-order valence-corrected chi connectivity index (χ2v) is 6.31. The van der Waals surface area contributed by atoms with Gasteiger partial charge in [-0.05, 0) is 25.1 Å². The van der Waals surface area contributed by atoms with Crippen LogP contribution in [0.5, 0.6) is 0 Å². The van der Waals surface area contributed by atoms with Crippen molar-refractivity contribution in [2.75, 3.05) is 18.6 Å². The van der Waals surface area contributed by atoms with Gasteiger partial charge < -0.3 is 5.32 Å². The van der Waals surface area contributed by atoms with Crippen molar-refractivity contribution >= 4 is 32.4 Å². The molecule has 0 fully saturated rings. The summed E-state index contributed by atoms with van der Waals surface area (Å²) in [6.45, 7) is 1.15. The Bertz CT molecular complexity index is 454. The van der Waals surface area contributed by atoms with Crippen molar-refractivity contribution in [2.45, 2.75) is 13.0 Å². The lowest BCUT2D eigenvalue weighted by molar-refractivity contribution is -0.385. The maximum Gasteiger partial charge on any atom is 0.275 e. The van der Waals surface area contributed by atoms with Gasteiger partial charge in [-0.15, -0.1) is 0 Å². The van der Waals surface area contributed by atoms with Gasteiger partial charge in [0.25, 0.3) is 5.69 Å². The van der Waals surface area contributed by atoms with E-state index in [9.17, 15) is 14.3 Å². The molecule has 0 radical (unpaired) electrons. The Kier molecular flexibility index (Phi) is 6.45. The van der Waals surface area contributed by atoms with Crippen LogP contribution in [0.4, 0.5) is 5.69 Å². The predicted octanol–water partition coefficient (Wildman–Crippen LogP) is 2.22. The summed E-state index contributed by atoms with van der Waals surface area (Å²) in [5.41, 5.74) is 0.761. The van der Waals surface area contributed by atoms with E-state index in [0.717, 1.165) is 6.42 Å². The number of rotatable bonds is 7. The second-order valence-electron chi connectivity index (χ2n) is 3.84. The van der Waals surface area contributed by atoms with Gasteiger partial charge in [0.1, 0.15) is 0 Å². The van der Waals surface area contributed by atoms with Crippen molar-refractivity contribution in [1.29, 1.82) is 0 Å². The number of halogens is 1. The van der Waals surface area contributed by atoms with Crippen LogP contribution in [0.2, 0.25) is 0 Å². The molecular formula is C11H15BrN2O3S. The Morgan fingerprint density at radius 2 is 2.22 bits per heavy atom. The molecule has 0 saturated heterocycles. The zero-order valence-electron chi connectivity index (χ0n) is 10.0. The highest BCUT2D eigenvalue weighted by Crippen LogP contribution is 2.23. The lowest BCUT2D eigenvalue weighted by Crippen LogP contribution is -2.17. The van der Waals surface area contributed by atoms with E-state index < -0.39 is 10.8 Å². The summed E-state index contributed by atoms with van der Waals surface area (Å²) >= 11 is 3.21. The summed E-state index contributed by atoms with van der Waals surface area (Å²) in [6, 6.07) is 5.01. The molecule has 0 aliphatic rings. The Labute approximate surface area is 117 Å². The van der Waals surface area contributed by atoms with E-state index in [0.29, 0.717) is 28.9 Å². The molecule has 1 aromatic carbocycles. The maximum atomic E-state index is 10.9. The highest BCUT2D eigenvalue weighted by Gasteiger charge is 2.13. The van der Waals surface area contributed by atoms with Gasteiger partial charge in [-0.1, -0.05) is 15.9 Å². The number of nitro groups is 1. The first-order chi connectivity index (χ1) is 8.50. The molecule has 0 saturated carbocycles. The van der Waals surface area contributed by atoms with Gasteiger partial charge in [-0.2, -0.15) is 0 Å². The van der Waals surface area contributed by atoms with Crippen molar-refractivity contribution < 1.29 is 9.13 Å². The van der Waals surface area contributed by atoms with Crippen LogP contribution in [0.1, 0.15) is 12.0 Å². The zero-order valence-corrected chi connectivity index (χ0v) is 12.4. The molecule has 0 heterocycles. The first-order valence-electron chi connectivity index (χ1n) is 5.44. The predicted molar refractivity (Wildman–Crippen MR) is 76.1 cm³/mol. The summed E-state index contributed by atoms with van der Waals surface area (Å²) in [7, 11) is -0.783. The standard InChI is InChI=1S/C11H15BrN2O3S/c1-18(17)6-2-5-13-8-9-3-4-10(12)7-11(9)14(15)16/h3-4,7,13H,2,5-6,8H2,1H3. The van der Waals surface area contributed by atoms with Gasteiger partial charge in [0.15, 0.2) is 0 Å². The number of nitrogens with one attached hydrogen (secondary N) is 1. The number of nitro benzene ring substituents is 1. The highest BCUT2D eigenvalue weighted by molar-refractivity contribution is 9.10. The van der Waals surface area contributed by atoms with Crippen molar-refractivity contribution in [1.82, 2.24) is 5.32 Å². The number of hydrogen-bond acceptors (Lipinski definition) is 4. The van der Waals surface area contributed by atoms with Gasteiger partial charge in [-0.3, -0.25) is 14.3 Å². The van der Waals surface area contributed by atoms with E-state index in [1.54, 1.807) is 18.4 Å². The molecule has 0 bridgehead atoms. The van der Waals surface area contributed by atoms with E-state index in [-0.39, 0.29) is 10.6 Å². The van der Waals surface area contributed by atoms with E-state index >= 15 is 0 Å². The molecule has 0 amide bonds. The Morgan fingerprint density at radius 3 is 2.83 bits per heavy atom. The van der Waals surface area contributed by atoms with Crippen LogP contribution in [-0.2, 0) is 17.3 Å². The molecule has 18 heavy (non-hydrogen) atoms. The molecule has 0 aliphatic carbocycles. The van der Waals surface area contributed by atoms with Crippen LogP contribution < -0.4 is 5.32 Å². The quantitative estimate of drug-likeness (QED) is 0.471. The minimum Gasteiger partial charge on any atom is -0.312 e. The SMILES string of the molecule is CS(=O)CCCNCc1ccc(Br)cc1[N+](=O)[O-]. The molecule has 5 nitrogen and oxygen atoms in total. The summed E-state index contributed by atoms with van der Waals surface area (Å²) in [4.78, 5) is 10.5. The Balaban J connectivity index is 2.51. The molecule has 1 unspecified atom stereocenters. The lowest BCUT2D eigenvalue weighted by Gasteiger charge is -2.05. The van der Waals surface area contributed by atoms with Gasteiger partial charge in [0.05, 0.1) is 4.92 Å². The normalized spacial score (nSPS) is 12.3. The third-order valence-corrected chi connectivity index (χ3v) is 3.70. The first-order valence-corrected chi connectivity index (χ1v) is 7.96.